The molecule has 3 nitrogen and oxygen atoms in total. The van der Waals surface area contributed by atoms with Crippen LogP contribution in [0.15, 0.2) is 24.3 Å². The van der Waals surface area contributed by atoms with Crippen molar-refractivity contribution in [1.82, 2.24) is 5.32 Å². The summed E-state index contributed by atoms with van der Waals surface area (Å²) < 4.78 is 5.54. The van der Waals surface area contributed by atoms with Crippen molar-refractivity contribution in [3.63, 3.8) is 0 Å². The summed E-state index contributed by atoms with van der Waals surface area (Å²) in [4.78, 5) is 11.9. The van der Waals surface area contributed by atoms with Crippen LogP contribution in [0.5, 0.6) is 5.75 Å². The Kier molecular flexibility index (Phi) is 4.91. The lowest BCUT2D eigenvalue weighted by Crippen LogP contribution is -2.39. The Morgan fingerprint density at radius 3 is 2.22 bits per heavy atom. The van der Waals surface area contributed by atoms with Gasteiger partial charge in [-0.05, 0) is 58.9 Å². The van der Waals surface area contributed by atoms with Gasteiger partial charge in [0, 0.05) is 11.1 Å². The number of ketones is 1. The zero-order valence-corrected chi connectivity index (χ0v) is 11.9. The summed E-state index contributed by atoms with van der Waals surface area (Å²) in [6.07, 6.45) is 0.147. The molecule has 1 aromatic carbocycles. The Balaban J connectivity index is 2.59. The molecule has 0 aliphatic rings. The van der Waals surface area contributed by atoms with E-state index in [9.17, 15) is 4.79 Å². The van der Waals surface area contributed by atoms with Gasteiger partial charge in [0.25, 0.3) is 0 Å². The number of carbonyl (C=O) groups is 1. The first-order chi connectivity index (χ1) is 8.28. The highest BCUT2D eigenvalue weighted by molar-refractivity contribution is 5.97. The first-order valence-electron chi connectivity index (χ1n) is 6.33. The molecule has 0 atom stereocenters. The predicted molar refractivity (Wildman–Crippen MR) is 74.3 cm³/mol. The molecule has 0 bridgehead atoms. The third-order valence-corrected chi connectivity index (χ3v) is 2.33. The summed E-state index contributed by atoms with van der Waals surface area (Å²) in [6.45, 7) is 10.4. The van der Waals surface area contributed by atoms with Crippen molar-refractivity contribution in [2.75, 3.05) is 6.54 Å². The monoisotopic (exact) mass is 249 g/mol. The Morgan fingerprint density at radius 1 is 1.22 bits per heavy atom. The van der Waals surface area contributed by atoms with Gasteiger partial charge in [0.05, 0.1) is 12.6 Å². The fraction of sp³-hybridized carbons (Fsp3) is 0.533. The van der Waals surface area contributed by atoms with Crippen LogP contribution >= 0.6 is 0 Å². The molecule has 100 valence electrons. The predicted octanol–water partition coefficient (Wildman–Crippen LogP) is 3.04. The molecule has 1 N–H and O–H groups in total. The topological polar surface area (TPSA) is 38.3 Å². The van der Waals surface area contributed by atoms with Crippen LogP contribution in [-0.4, -0.2) is 24.0 Å². The van der Waals surface area contributed by atoms with Crippen LogP contribution in [0.25, 0.3) is 0 Å². The van der Waals surface area contributed by atoms with Crippen LogP contribution in [0.3, 0.4) is 0 Å². The van der Waals surface area contributed by atoms with Gasteiger partial charge in [-0.2, -0.15) is 0 Å². The Labute approximate surface area is 110 Å². The van der Waals surface area contributed by atoms with E-state index in [0.29, 0.717) is 12.1 Å². The van der Waals surface area contributed by atoms with E-state index in [1.54, 1.807) is 0 Å². The molecule has 0 heterocycles. The van der Waals surface area contributed by atoms with Crippen molar-refractivity contribution >= 4 is 5.78 Å². The van der Waals surface area contributed by atoms with Crippen LogP contribution in [0.1, 0.15) is 45.0 Å². The van der Waals surface area contributed by atoms with Gasteiger partial charge in [-0.25, -0.2) is 0 Å². The van der Waals surface area contributed by atoms with Crippen molar-refractivity contribution in [3.8, 4) is 5.75 Å². The molecule has 0 radical (unpaired) electrons. The van der Waals surface area contributed by atoms with E-state index in [-0.39, 0.29) is 17.4 Å². The number of Topliss-reactive ketones (excluding diaryl/α,β-unsaturated/α-hetero) is 1. The van der Waals surface area contributed by atoms with E-state index in [1.165, 1.54) is 0 Å². The van der Waals surface area contributed by atoms with Crippen molar-refractivity contribution < 1.29 is 9.53 Å². The maximum Gasteiger partial charge on any atom is 0.176 e. The first kappa shape index (κ1) is 14.7. The fourth-order valence-electron chi connectivity index (χ4n) is 1.44. The Hall–Kier alpha value is -1.35. The van der Waals surface area contributed by atoms with Crippen molar-refractivity contribution in [2.24, 2.45) is 0 Å². The molecule has 0 saturated heterocycles. The second-order valence-corrected chi connectivity index (χ2v) is 5.72. The number of hydrogen-bond acceptors (Lipinski definition) is 3. The molecule has 18 heavy (non-hydrogen) atoms. The van der Waals surface area contributed by atoms with Crippen molar-refractivity contribution in [1.29, 1.82) is 0 Å². The number of rotatable bonds is 5. The van der Waals surface area contributed by atoms with Crippen molar-refractivity contribution in [2.45, 2.75) is 46.3 Å². The molecule has 1 rings (SSSR count). The normalized spacial score (nSPS) is 11.7. The average molecular weight is 249 g/mol. The molecule has 0 fully saturated rings. The average Bonchev–Trinajstić information content (AvgIpc) is 2.25. The van der Waals surface area contributed by atoms with Gasteiger partial charge in [-0.15, -0.1) is 0 Å². The first-order valence-corrected chi connectivity index (χ1v) is 6.33. The minimum Gasteiger partial charge on any atom is -0.491 e. The maximum atomic E-state index is 11.9. The van der Waals surface area contributed by atoms with E-state index in [2.05, 4.69) is 5.32 Å². The van der Waals surface area contributed by atoms with Gasteiger partial charge in [0.1, 0.15) is 5.75 Å². The maximum absolute atomic E-state index is 11.9. The number of ether oxygens (including phenoxy) is 1. The lowest BCUT2D eigenvalue weighted by Gasteiger charge is -2.19. The molecule has 0 unspecified atom stereocenters. The summed E-state index contributed by atoms with van der Waals surface area (Å²) >= 11 is 0. The Bertz CT molecular complexity index is 388. The lowest BCUT2D eigenvalue weighted by atomic mass is 10.1. The van der Waals surface area contributed by atoms with Crippen LogP contribution in [-0.2, 0) is 0 Å². The molecule has 0 spiro atoms. The van der Waals surface area contributed by atoms with Gasteiger partial charge in [0.15, 0.2) is 5.78 Å². The quantitative estimate of drug-likeness (QED) is 0.815. The van der Waals surface area contributed by atoms with E-state index in [4.69, 9.17) is 4.74 Å². The number of nitrogens with one attached hydrogen (secondary N) is 1. The van der Waals surface area contributed by atoms with Crippen LogP contribution in [0, 0.1) is 0 Å². The molecule has 1 aromatic rings. The lowest BCUT2D eigenvalue weighted by molar-refractivity contribution is 0.0982. The molecule has 0 aliphatic heterocycles. The van der Waals surface area contributed by atoms with E-state index in [0.717, 1.165) is 5.75 Å². The second kappa shape index (κ2) is 6.01. The van der Waals surface area contributed by atoms with Gasteiger partial charge in [0.2, 0.25) is 0 Å². The third-order valence-electron chi connectivity index (χ3n) is 2.33. The standard InChI is InChI=1S/C15H23NO2/c1-11(2)18-13-8-6-12(7-9-13)14(17)10-16-15(3,4)5/h6-9,11,16H,10H2,1-5H3. The Morgan fingerprint density at radius 2 is 1.78 bits per heavy atom. The van der Waals surface area contributed by atoms with Gasteiger partial charge < -0.3 is 10.1 Å². The highest BCUT2D eigenvalue weighted by Gasteiger charge is 2.12. The molecular weight excluding hydrogens is 226 g/mol. The molecular formula is C15H23NO2. The third kappa shape index (κ3) is 5.32. The zero-order valence-electron chi connectivity index (χ0n) is 11.9. The summed E-state index contributed by atoms with van der Waals surface area (Å²) in [6, 6.07) is 7.30. The van der Waals surface area contributed by atoms with Crippen LogP contribution < -0.4 is 10.1 Å². The summed E-state index contributed by atoms with van der Waals surface area (Å²) in [5.74, 6) is 0.895. The highest BCUT2D eigenvalue weighted by Crippen LogP contribution is 2.14. The SMILES string of the molecule is CC(C)Oc1ccc(C(=O)CNC(C)(C)C)cc1. The van der Waals surface area contributed by atoms with Crippen molar-refractivity contribution in [3.05, 3.63) is 29.8 Å². The number of hydrogen-bond donors (Lipinski definition) is 1. The molecule has 0 amide bonds. The smallest absolute Gasteiger partial charge is 0.176 e. The number of carbonyl (C=O) groups excluding carboxylic acids is 1. The van der Waals surface area contributed by atoms with Gasteiger partial charge in [-0.1, -0.05) is 0 Å². The summed E-state index contributed by atoms with van der Waals surface area (Å²) in [7, 11) is 0. The largest absolute Gasteiger partial charge is 0.491 e. The molecule has 0 aromatic heterocycles. The summed E-state index contributed by atoms with van der Waals surface area (Å²) in [5, 5.41) is 3.19. The fourth-order valence-corrected chi connectivity index (χ4v) is 1.44. The second-order valence-electron chi connectivity index (χ2n) is 5.72. The highest BCUT2D eigenvalue weighted by atomic mass is 16.5. The van der Waals surface area contributed by atoms with Gasteiger partial charge >= 0.3 is 0 Å². The van der Waals surface area contributed by atoms with Crippen LogP contribution in [0.2, 0.25) is 0 Å². The van der Waals surface area contributed by atoms with Gasteiger partial charge in [-0.3, -0.25) is 4.79 Å². The van der Waals surface area contributed by atoms with E-state index >= 15 is 0 Å². The summed E-state index contributed by atoms with van der Waals surface area (Å²) in [5.41, 5.74) is 0.666. The molecule has 3 heteroatoms. The number of benzene rings is 1. The minimum atomic E-state index is -0.0453. The molecule has 0 saturated carbocycles. The zero-order chi connectivity index (χ0) is 13.8. The van der Waals surface area contributed by atoms with E-state index in [1.807, 2.05) is 58.9 Å². The van der Waals surface area contributed by atoms with E-state index < -0.39 is 0 Å². The van der Waals surface area contributed by atoms with Crippen LogP contribution in [0.4, 0.5) is 0 Å². The minimum absolute atomic E-state index is 0.0453. The molecule has 0 aliphatic carbocycles.